The van der Waals surface area contributed by atoms with Crippen LogP contribution in [0.5, 0.6) is 0 Å². The molecule has 0 atom stereocenters. The number of aromatic nitrogens is 4. The van der Waals surface area contributed by atoms with E-state index in [1.807, 2.05) is 42.7 Å². The molecule has 1 saturated heterocycles. The Hall–Kier alpha value is -4.68. The number of hydrogen-bond donors (Lipinski definition) is 2. The summed E-state index contributed by atoms with van der Waals surface area (Å²) in [5, 5.41) is 5.76. The third-order valence-electron chi connectivity index (χ3n) is 6.70. The molecule has 1 fully saturated rings. The van der Waals surface area contributed by atoms with Gasteiger partial charge in [0.2, 0.25) is 17.7 Å². The SMILES string of the molecule is Cc1cc(C)c(NC(=O)c2cnc(Nc3nc(C)nc(N4CCN(c5cccc(C(F)(F)F)c5)CC4)n3)o2)c(C)c1. The molecule has 0 radical (unpaired) electrons. The molecule has 3 heterocycles. The fourth-order valence-electron chi connectivity index (χ4n) is 4.79. The predicted molar refractivity (Wildman–Crippen MR) is 149 cm³/mol. The van der Waals surface area contributed by atoms with Crippen molar-refractivity contribution >= 4 is 35.2 Å². The molecule has 214 valence electrons. The number of nitrogens with zero attached hydrogens (tertiary/aromatic N) is 6. The Morgan fingerprint density at radius 2 is 1.61 bits per heavy atom. The number of alkyl halides is 3. The lowest BCUT2D eigenvalue weighted by Gasteiger charge is -2.36. The van der Waals surface area contributed by atoms with Crippen molar-refractivity contribution in [2.24, 2.45) is 0 Å². The Morgan fingerprint density at radius 1 is 0.927 bits per heavy atom. The van der Waals surface area contributed by atoms with Gasteiger partial charge < -0.3 is 19.5 Å². The van der Waals surface area contributed by atoms with E-state index < -0.39 is 17.6 Å². The van der Waals surface area contributed by atoms with Crippen LogP contribution in [0.15, 0.2) is 47.0 Å². The smallest absolute Gasteiger partial charge is 0.416 e. The van der Waals surface area contributed by atoms with E-state index in [0.717, 1.165) is 28.4 Å². The summed E-state index contributed by atoms with van der Waals surface area (Å²) in [6, 6.07) is 9.34. The quantitative estimate of drug-likeness (QED) is 0.315. The Bertz CT molecular complexity index is 1560. The summed E-state index contributed by atoms with van der Waals surface area (Å²) >= 11 is 0. The molecule has 1 aliphatic rings. The van der Waals surface area contributed by atoms with Crippen LogP contribution in [0.2, 0.25) is 0 Å². The second-order valence-corrected chi connectivity index (χ2v) is 9.91. The third kappa shape index (κ3) is 6.39. The maximum Gasteiger partial charge on any atom is 0.416 e. The van der Waals surface area contributed by atoms with Gasteiger partial charge >= 0.3 is 12.2 Å². The summed E-state index contributed by atoms with van der Waals surface area (Å²) in [6.45, 7) is 9.55. The highest BCUT2D eigenvalue weighted by Gasteiger charge is 2.31. The Morgan fingerprint density at radius 3 is 2.29 bits per heavy atom. The largest absolute Gasteiger partial charge is 0.418 e. The van der Waals surface area contributed by atoms with Gasteiger partial charge in [0.1, 0.15) is 5.82 Å². The first kappa shape index (κ1) is 27.9. The number of rotatable bonds is 6. The van der Waals surface area contributed by atoms with E-state index in [-0.39, 0.29) is 17.7 Å². The highest BCUT2D eigenvalue weighted by atomic mass is 19.4. The maximum atomic E-state index is 13.1. The molecule has 0 aliphatic carbocycles. The molecule has 10 nitrogen and oxygen atoms in total. The van der Waals surface area contributed by atoms with Gasteiger partial charge in [-0.25, -0.2) is 4.98 Å². The number of oxazole rings is 1. The first-order chi connectivity index (χ1) is 19.5. The molecule has 2 aromatic heterocycles. The minimum atomic E-state index is -4.39. The summed E-state index contributed by atoms with van der Waals surface area (Å²) in [6.07, 6.45) is -3.07. The number of aryl methyl sites for hydroxylation is 4. The van der Waals surface area contributed by atoms with Crippen molar-refractivity contribution in [3.63, 3.8) is 0 Å². The van der Waals surface area contributed by atoms with Crippen molar-refractivity contribution in [1.82, 2.24) is 19.9 Å². The normalized spacial score (nSPS) is 13.8. The molecule has 41 heavy (non-hydrogen) atoms. The van der Waals surface area contributed by atoms with Gasteiger partial charge in [0, 0.05) is 37.6 Å². The Balaban J connectivity index is 1.24. The van der Waals surface area contributed by atoms with Crippen molar-refractivity contribution in [2.75, 3.05) is 46.6 Å². The summed E-state index contributed by atoms with van der Waals surface area (Å²) in [5.41, 5.74) is 3.56. The number of nitrogens with one attached hydrogen (secondary N) is 2. The molecular formula is C28H29F3N8O2. The molecular weight excluding hydrogens is 537 g/mol. The summed E-state index contributed by atoms with van der Waals surface area (Å²) < 4.78 is 45.0. The summed E-state index contributed by atoms with van der Waals surface area (Å²) in [7, 11) is 0. The van der Waals surface area contributed by atoms with Gasteiger partial charge in [0.05, 0.1) is 11.8 Å². The zero-order valence-corrected chi connectivity index (χ0v) is 23.0. The zero-order valence-electron chi connectivity index (χ0n) is 23.0. The number of amides is 1. The fraction of sp³-hybridized carbons (Fsp3) is 0.321. The van der Waals surface area contributed by atoms with Crippen molar-refractivity contribution in [3.05, 3.63) is 76.4 Å². The maximum absolute atomic E-state index is 13.1. The van der Waals surface area contributed by atoms with Crippen molar-refractivity contribution in [1.29, 1.82) is 0 Å². The highest BCUT2D eigenvalue weighted by molar-refractivity contribution is 6.03. The van der Waals surface area contributed by atoms with E-state index in [2.05, 4.69) is 30.6 Å². The number of piperazine rings is 1. The van der Waals surface area contributed by atoms with Gasteiger partial charge in [-0.05, 0) is 57.0 Å². The highest BCUT2D eigenvalue weighted by Crippen LogP contribution is 2.32. The van der Waals surface area contributed by atoms with Crippen LogP contribution in [-0.4, -0.2) is 52.0 Å². The minimum Gasteiger partial charge on any atom is -0.418 e. The predicted octanol–water partition coefficient (Wildman–Crippen LogP) is 5.43. The molecule has 0 spiro atoms. The minimum absolute atomic E-state index is 0.0172. The number of halogens is 3. The lowest BCUT2D eigenvalue weighted by molar-refractivity contribution is -0.137. The van der Waals surface area contributed by atoms with E-state index >= 15 is 0 Å². The molecule has 0 saturated carbocycles. The molecule has 0 unspecified atom stereocenters. The van der Waals surface area contributed by atoms with Crippen LogP contribution in [0.25, 0.3) is 0 Å². The van der Waals surface area contributed by atoms with E-state index in [1.54, 1.807) is 13.0 Å². The van der Waals surface area contributed by atoms with Crippen LogP contribution < -0.4 is 20.4 Å². The number of hydrogen-bond acceptors (Lipinski definition) is 9. The first-order valence-electron chi connectivity index (χ1n) is 13.0. The first-order valence-corrected chi connectivity index (χ1v) is 13.0. The van der Waals surface area contributed by atoms with Gasteiger partial charge in [0.25, 0.3) is 5.91 Å². The van der Waals surface area contributed by atoms with E-state index in [1.165, 1.54) is 18.3 Å². The van der Waals surface area contributed by atoms with Crippen LogP contribution in [0.1, 0.15) is 38.6 Å². The van der Waals surface area contributed by atoms with Gasteiger partial charge in [-0.3, -0.25) is 10.1 Å². The Labute approximate surface area is 234 Å². The second kappa shape index (κ2) is 11.1. The van der Waals surface area contributed by atoms with Crippen LogP contribution in [0.3, 0.4) is 0 Å². The number of carbonyl (C=O) groups excluding carboxylic acids is 1. The molecule has 0 bridgehead atoms. The monoisotopic (exact) mass is 566 g/mol. The van der Waals surface area contributed by atoms with Crippen LogP contribution in [-0.2, 0) is 6.18 Å². The van der Waals surface area contributed by atoms with E-state index in [0.29, 0.717) is 43.6 Å². The molecule has 2 aromatic carbocycles. The molecule has 2 N–H and O–H groups in total. The zero-order chi connectivity index (χ0) is 29.3. The second-order valence-electron chi connectivity index (χ2n) is 9.91. The van der Waals surface area contributed by atoms with Gasteiger partial charge in [-0.15, -0.1) is 0 Å². The average Bonchev–Trinajstić information content (AvgIpc) is 3.38. The fourth-order valence-corrected chi connectivity index (χ4v) is 4.79. The third-order valence-corrected chi connectivity index (χ3v) is 6.70. The molecule has 13 heteroatoms. The van der Waals surface area contributed by atoms with Crippen molar-refractivity contribution < 1.29 is 22.4 Å². The van der Waals surface area contributed by atoms with Gasteiger partial charge in [0.15, 0.2) is 0 Å². The summed E-state index contributed by atoms with van der Waals surface area (Å²) in [5.74, 6) is 0.633. The lowest BCUT2D eigenvalue weighted by Crippen LogP contribution is -2.47. The number of benzene rings is 2. The number of anilines is 5. The molecule has 1 aliphatic heterocycles. The van der Waals surface area contributed by atoms with Gasteiger partial charge in [-0.2, -0.15) is 28.1 Å². The van der Waals surface area contributed by atoms with Crippen molar-refractivity contribution in [3.8, 4) is 0 Å². The van der Waals surface area contributed by atoms with Crippen LogP contribution in [0.4, 0.5) is 42.5 Å². The van der Waals surface area contributed by atoms with Gasteiger partial charge in [-0.1, -0.05) is 23.8 Å². The average molecular weight is 567 g/mol. The van der Waals surface area contributed by atoms with Crippen molar-refractivity contribution in [2.45, 2.75) is 33.9 Å². The van der Waals surface area contributed by atoms with Crippen LogP contribution in [0, 0.1) is 27.7 Å². The molecule has 5 rings (SSSR count). The summed E-state index contributed by atoms with van der Waals surface area (Å²) in [4.78, 5) is 34.0. The number of carbonyl (C=O) groups is 1. The standard InChI is InChI=1S/C28H29F3N8O2/c1-16-12-17(2)23(18(3)13-16)35-24(40)22-15-32-27(41-22)37-25-33-19(4)34-26(36-25)39-10-8-38(9-11-39)21-7-5-6-20(14-21)28(29,30)31/h5-7,12-15H,8-11H2,1-4H3,(H,35,40)(H,32,33,34,36,37). The molecule has 1 amide bonds. The lowest BCUT2D eigenvalue weighted by atomic mass is 10.1. The topological polar surface area (TPSA) is 112 Å². The van der Waals surface area contributed by atoms with E-state index in [9.17, 15) is 18.0 Å². The molecule has 4 aromatic rings. The Kier molecular flexibility index (Phi) is 7.52. The van der Waals surface area contributed by atoms with E-state index in [4.69, 9.17) is 4.42 Å². The van der Waals surface area contributed by atoms with Crippen LogP contribution >= 0.6 is 0 Å².